The van der Waals surface area contributed by atoms with Crippen LogP contribution in [0, 0.1) is 5.41 Å². The molecule has 150 valence electrons. The van der Waals surface area contributed by atoms with E-state index < -0.39 is 12.7 Å². The predicted molar refractivity (Wildman–Crippen MR) is 109 cm³/mol. The van der Waals surface area contributed by atoms with Crippen molar-refractivity contribution in [3.63, 3.8) is 0 Å². The van der Waals surface area contributed by atoms with Crippen LogP contribution >= 0.6 is 0 Å². The van der Waals surface area contributed by atoms with Gasteiger partial charge < -0.3 is 21.8 Å². The molecule has 29 heavy (non-hydrogen) atoms. The summed E-state index contributed by atoms with van der Waals surface area (Å²) in [6, 6.07) is 12.8. The lowest BCUT2D eigenvalue weighted by Crippen LogP contribution is -2.25. The molecule has 0 unspecified atom stereocenters. The van der Waals surface area contributed by atoms with Crippen LogP contribution in [0.1, 0.15) is 11.3 Å². The lowest BCUT2D eigenvalue weighted by molar-refractivity contribution is -0.122. The molecule has 2 heterocycles. The van der Waals surface area contributed by atoms with Gasteiger partial charge in [-0.25, -0.2) is 4.98 Å². The molecule has 2 aromatic heterocycles. The van der Waals surface area contributed by atoms with Gasteiger partial charge in [-0.15, -0.1) is 0 Å². The number of halogens is 3. The van der Waals surface area contributed by atoms with E-state index in [1.807, 2.05) is 30.3 Å². The SMILES string of the molecule is N=C/C(=C\NCC(F)(F)F)c1ccc(N)c(NCc2ccc3ncccc3c2)n1. The van der Waals surface area contributed by atoms with E-state index in [1.165, 1.54) is 0 Å². The number of nitrogens with one attached hydrogen (secondary N) is 3. The molecule has 9 heteroatoms. The van der Waals surface area contributed by atoms with Crippen LogP contribution in [-0.2, 0) is 6.54 Å². The summed E-state index contributed by atoms with van der Waals surface area (Å²) in [6.45, 7) is -0.747. The summed E-state index contributed by atoms with van der Waals surface area (Å²) < 4.78 is 36.9. The average Bonchev–Trinajstić information content (AvgIpc) is 2.70. The van der Waals surface area contributed by atoms with Gasteiger partial charge in [0.25, 0.3) is 0 Å². The van der Waals surface area contributed by atoms with E-state index in [1.54, 1.807) is 18.3 Å². The molecule has 0 atom stereocenters. The minimum Gasteiger partial charge on any atom is -0.396 e. The van der Waals surface area contributed by atoms with Crippen molar-refractivity contribution in [1.29, 1.82) is 5.41 Å². The molecule has 3 aromatic rings. The van der Waals surface area contributed by atoms with E-state index in [9.17, 15) is 13.2 Å². The predicted octanol–water partition coefficient (Wildman–Crippen LogP) is 3.97. The third-order valence-electron chi connectivity index (χ3n) is 4.07. The summed E-state index contributed by atoms with van der Waals surface area (Å²) in [6.07, 6.45) is -0.574. The van der Waals surface area contributed by atoms with Crippen LogP contribution in [0.5, 0.6) is 0 Å². The van der Waals surface area contributed by atoms with E-state index in [2.05, 4.69) is 20.6 Å². The Morgan fingerprint density at radius 1 is 1.17 bits per heavy atom. The quantitative estimate of drug-likeness (QED) is 0.450. The summed E-state index contributed by atoms with van der Waals surface area (Å²) >= 11 is 0. The number of hydrogen-bond acceptors (Lipinski definition) is 6. The molecule has 0 aliphatic heterocycles. The van der Waals surface area contributed by atoms with Crippen molar-refractivity contribution in [1.82, 2.24) is 15.3 Å². The molecule has 0 spiro atoms. The fraction of sp³-hybridized carbons (Fsp3) is 0.150. The lowest BCUT2D eigenvalue weighted by Gasteiger charge is -2.12. The number of hydrogen-bond donors (Lipinski definition) is 4. The first-order chi connectivity index (χ1) is 13.9. The first kappa shape index (κ1) is 20.1. The molecule has 0 saturated heterocycles. The molecular weight excluding hydrogens is 381 g/mol. The van der Waals surface area contributed by atoms with Crippen LogP contribution in [0.15, 0.2) is 54.9 Å². The standard InChI is InChI=1S/C20H19F3N6/c21-20(22,23)12-26-11-15(9-24)18-6-4-16(25)19(29-18)28-10-13-3-5-17-14(8-13)2-1-7-27-17/h1-9,11,24,26H,10,12,25H2,(H,28,29)/b15-11+,24-9?. The highest BCUT2D eigenvalue weighted by molar-refractivity contribution is 6.07. The molecule has 0 bridgehead atoms. The van der Waals surface area contributed by atoms with Crippen LogP contribution in [0.25, 0.3) is 16.5 Å². The van der Waals surface area contributed by atoms with Crippen LogP contribution in [0.3, 0.4) is 0 Å². The number of nitrogens with zero attached hydrogens (tertiary/aromatic N) is 2. The van der Waals surface area contributed by atoms with Crippen molar-refractivity contribution in [2.24, 2.45) is 0 Å². The maximum absolute atomic E-state index is 12.3. The third kappa shape index (κ3) is 5.44. The van der Waals surface area contributed by atoms with Gasteiger partial charge in [0.1, 0.15) is 12.4 Å². The zero-order valence-corrected chi connectivity index (χ0v) is 15.3. The highest BCUT2D eigenvalue weighted by atomic mass is 19.4. The molecular formula is C20H19F3N6. The van der Waals surface area contributed by atoms with Gasteiger partial charge in [-0.2, -0.15) is 13.2 Å². The Balaban J connectivity index is 1.75. The molecule has 0 amide bonds. The Labute approximate surface area is 165 Å². The molecule has 0 fully saturated rings. The van der Waals surface area contributed by atoms with E-state index in [-0.39, 0.29) is 5.57 Å². The smallest absolute Gasteiger partial charge is 0.396 e. The van der Waals surface area contributed by atoms with Crippen molar-refractivity contribution in [2.75, 3.05) is 17.6 Å². The first-order valence-corrected chi connectivity index (χ1v) is 8.71. The molecule has 3 rings (SSSR count). The third-order valence-corrected chi connectivity index (χ3v) is 4.07. The molecule has 5 N–H and O–H groups in total. The highest BCUT2D eigenvalue weighted by Gasteiger charge is 2.25. The summed E-state index contributed by atoms with van der Waals surface area (Å²) in [7, 11) is 0. The number of nitrogens with two attached hydrogens (primary N) is 1. The number of aromatic nitrogens is 2. The van der Waals surface area contributed by atoms with Gasteiger partial charge in [0.15, 0.2) is 0 Å². The number of allylic oxidation sites excluding steroid dienone is 1. The van der Waals surface area contributed by atoms with E-state index in [0.29, 0.717) is 23.7 Å². The Morgan fingerprint density at radius 2 is 2.00 bits per heavy atom. The fourth-order valence-corrected chi connectivity index (χ4v) is 2.66. The number of benzene rings is 1. The Hall–Kier alpha value is -3.62. The topological polar surface area (TPSA) is 99.7 Å². The second kappa shape index (κ2) is 8.59. The van der Waals surface area contributed by atoms with E-state index in [4.69, 9.17) is 11.1 Å². The first-order valence-electron chi connectivity index (χ1n) is 8.71. The van der Waals surface area contributed by atoms with Crippen LogP contribution in [0.2, 0.25) is 0 Å². The molecule has 1 aromatic carbocycles. The van der Waals surface area contributed by atoms with Gasteiger partial charge in [-0.05, 0) is 35.9 Å². The normalized spacial score (nSPS) is 12.0. The van der Waals surface area contributed by atoms with Crippen molar-refractivity contribution < 1.29 is 13.2 Å². The Morgan fingerprint density at radius 3 is 2.76 bits per heavy atom. The lowest BCUT2D eigenvalue weighted by atomic mass is 10.1. The maximum Gasteiger partial charge on any atom is 0.405 e. The Bertz CT molecular complexity index is 1050. The van der Waals surface area contributed by atoms with E-state index in [0.717, 1.165) is 28.9 Å². The summed E-state index contributed by atoms with van der Waals surface area (Å²) in [5, 5.41) is 13.7. The zero-order valence-electron chi connectivity index (χ0n) is 15.3. The molecule has 0 aliphatic rings. The van der Waals surface area contributed by atoms with Crippen LogP contribution in [-0.4, -0.2) is 28.9 Å². The largest absolute Gasteiger partial charge is 0.405 e. The van der Waals surface area contributed by atoms with E-state index >= 15 is 0 Å². The van der Waals surface area contributed by atoms with Gasteiger partial charge in [0.05, 0.1) is 16.9 Å². The van der Waals surface area contributed by atoms with Crippen LogP contribution in [0.4, 0.5) is 24.7 Å². The number of alkyl halides is 3. The second-order valence-electron chi connectivity index (χ2n) is 6.26. The summed E-state index contributed by atoms with van der Waals surface area (Å²) in [5.74, 6) is 0.386. The number of anilines is 2. The fourth-order valence-electron chi connectivity index (χ4n) is 2.66. The molecule has 0 radical (unpaired) electrons. The second-order valence-corrected chi connectivity index (χ2v) is 6.26. The van der Waals surface area contributed by atoms with Gasteiger partial charge in [-0.1, -0.05) is 12.1 Å². The van der Waals surface area contributed by atoms with Gasteiger partial charge in [-0.3, -0.25) is 4.98 Å². The summed E-state index contributed by atoms with van der Waals surface area (Å²) in [4.78, 5) is 8.62. The van der Waals surface area contributed by atoms with Crippen molar-refractivity contribution in [3.8, 4) is 0 Å². The summed E-state index contributed by atoms with van der Waals surface area (Å²) in [5.41, 5.74) is 8.77. The Kier molecular flexibility index (Phi) is 5.96. The number of pyridine rings is 2. The number of rotatable bonds is 7. The maximum atomic E-state index is 12.3. The number of nitrogen functional groups attached to an aromatic ring is 1. The highest BCUT2D eigenvalue weighted by Crippen LogP contribution is 2.21. The minimum atomic E-state index is -4.35. The van der Waals surface area contributed by atoms with Gasteiger partial charge in [0.2, 0.25) is 0 Å². The van der Waals surface area contributed by atoms with Crippen molar-refractivity contribution in [3.05, 3.63) is 66.1 Å². The zero-order chi connectivity index (χ0) is 20.9. The molecule has 6 nitrogen and oxygen atoms in total. The molecule has 0 saturated carbocycles. The minimum absolute atomic E-state index is 0.203. The number of fused-ring (bicyclic) bond motifs is 1. The monoisotopic (exact) mass is 400 g/mol. The van der Waals surface area contributed by atoms with Crippen LogP contribution < -0.4 is 16.4 Å². The van der Waals surface area contributed by atoms with Gasteiger partial charge in [0, 0.05) is 36.1 Å². The van der Waals surface area contributed by atoms with Crippen molar-refractivity contribution >= 4 is 34.2 Å². The van der Waals surface area contributed by atoms with Gasteiger partial charge >= 0.3 is 6.18 Å². The average molecular weight is 400 g/mol. The molecule has 0 aliphatic carbocycles. The van der Waals surface area contributed by atoms with Crippen molar-refractivity contribution in [2.45, 2.75) is 12.7 Å².